The van der Waals surface area contributed by atoms with Gasteiger partial charge in [-0.3, -0.25) is 14.2 Å². The summed E-state index contributed by atoms with van der Waals surface area (Å²) in [5.74, 6) is 0.807. The summed E-state index contributed by atoms with van der Waals surface area (Å²) in [6.07, 6.45) is 0. The first-order valence-electron chi connectivity index (χ1n) is 9.25. The van der Waals surface area contributed by atoms with Crippen molar-refractivity contribution in [1.82, 2.24) is 0 Å². The fourth-order valence-corrected chi connectivity index (χ4v) is 3.74. The standard InChI is InChI=1S/C22H19O7P/c1-13-7-17-9-15(3-5-21(17)28-13)19(23)11-26-30(25)27-12-20(24)16-4-6-22-18(10-16)8-14(2)29-22/h3-10,30H,11-12H2,1-2H3. The Labute approximate surface area is 172 Å². The molecule has 0 fully saturated rings. The predicted molar refractivity (Wildman–Crippen MR) is 111 cm³/mol. The van der Waals surface area contributed by atoms with E-state index in [1.54, 1.807) is 36.4 Å². The number of hydrogen-bond acceptors (Lipinski definition) is 7. The van der Waals surface area contributed by atoms with Crippen LogP contribution in [-0.2, 0) is 13.6 Å². The number of hydrogen-bond donors (Lipinski definition) is 0. The summed E-state index contributed by atoms with van der Waals surface area (Å²) in [5, 5.41) is 1.61. The van der Waals surface area contributed by atoms with Crippen LogP contribution in [0.4, 0.5) is 0 Å². The molecule has 0 aliphatic heterocycles. The van der Waals surface area contributed by atoms with E-state index in [0.29, 0.717) is 22.3 Å². The van der Waals surface area contributed by atoms with Gasteiger partial charge >= 0.3 is 8.25 Å². The van der Waals surface area contributed by atoms with Crippen LogP contribution in [0.3, 0.4) is 0 Å². The number of furan rings is 2. The SMILES string of the molecule is Cc1cc2cc(C(=O)CO[PH](=O)OCC(=O)c3ccc4oc(C)cc4c3)ccc2o1. The Morgan fingerprint density at radius 2 is 1.20 bits per heavy atom. The van der Waals surface area contributed by atoms with Crippen molar-refractivity contribution in [2.75, 3.05) is 13.2 Å². The average Bonchev–Trinajstić information content (AvgIpc) is 3.28. The monoisotopic (exact) mass is 426 g/mol. The van der Waals surface area contributed by atoms with Crippen molar-refractivity contribution < 1.29 is 32.0 Å². The first kappa shape index (κ1) is 20.3. The molecule has 7 nitrogen and oxygen atoms in total. The van der Waals surface area contributed by atoms with E-state index in [4.69, 9.17) is 17.9 Å². The number of carbonyl (C=O) groups excluding carboxylic acids is 2. The van der Waals surface area contributed by atoms with Gasteiger partial charge in [-0.15, -0.1) is 0 Å². The van der Waals surface area contributed by atoms with Gasteiger partial charge in [-0.2, -0.15) is 0 Å². The number of ketones is 2. The number of carbonyl (C=O) groups is 2. The summed E-state index contributed by atoms with van der Waals surface area (Å²) in [6.45, 7) is 2.83. The maximum absolute atomic E-state index is 12.3. The van der Waals surface area contributed by atoms with Gasteiger partial charge in [-0.25, -0.2) is 0 Å². The zero-order chi connectivity index (χ0) is 21.3. The normalized spacial score (nSPS) is 11.6. The van der Waals surface area contributed by atoms with E-state index in [2.05, 4.69) is 0 Å². The van der Waals surface area contributed by atoms with Crippen molar-refractivity contribution in [3.05, 3.63) is 71.2 Å². The van der Waals surface area contributed by atoms with Gasteiger partial charge in [0, 0.05) is 21.9 Å². The Morgan fingerprint density at radius 1 is 0.767 bits per heavy atom. The molecular weight excluding hydrogens is 407 g/mol. The van der Waals surface area contributed by atoms with Crippen molar-refractivity contribution in [3.63, 3.8) is 0 Å². The molecule has 154 valence electrons. The molecule has 0 aliphatic carbocycles. The van der Waals surface area contributed by atoms with E-state index < -0.39 is 21.5 Å². The molecule has 0 amide bonds. The second kappa shape index (κ2) is 8.40. The summed E-state index contributed by atoms with van der Waals surface area (Å²) in [7, 11) is -3.00. The predicted octanol–water partition coefficient (Wildman–Crippen LogP) is 5.28. The molecule has 0 bridgehead atoms. The van der Waals surface area contributed by atoms with Crippen molar-refractivity contribution >= 4 is 41.8 Å². The average molecular weight is 426 g/mol. The lowest BCUT2D eigenvalue weighted by Gasteiger charge is -2.05. The van der Waals surface area contributed by atoms with Gasteiger partial charge in [0.1, 0.15) is 35.9 Å². The fourth-order valence-electron chi connectivity index (χ4n) is 3.16. The zero-order valence-corrected chi connectivity index (χ0v) is 17.4. The Balaban J connectivity index is 1.30. The molecule has 0 atom stereocenters. The minimum Gasteiger partial charge on any atom is -0.461 e. The second-order valence-corrected chi connectivity index (χ2v) is 7.97. The van der Waals surface area contributed by atoms with Gasteiger partial charge in [-0.05, 0) is 62.4 Å². The smallest absolute Gasteiger partial charge is 0.320 e. The lowest BCUT2D eigenvalue weighted by atomic mass is 10.1. The van der Waals surface area contributed by atoms with E-state index in [0.717, 1.165) is 22.3 Å². The zero-order valence-electron chi connectivity index (χ0n) is 16.4. The summed E-state index contributed by atoms with van der Waals surface area (Å²) in [4.78, 5) is 24.6. The summed E-state index contributed by atoms with van der Waals surface area (Å²) < 4.78 is 32.9. The molecule has 8 heteroatoms. The molecule has 2 heterocycles. The van der Waals surface area contributed by atoms with Crippen molar-refractivity contribution in [3.8, 4) is 0 Å². The van der Waals surface area contributed by atoms with Crippen LogP contribution in [0.2, 0.25) is 0 Å². The summed E-state index contributed by atoms with van der Waals surface area (Å²) in [5.41, 5.74) is 2.20. The fraction of sp³-hybridized carbons (Fsp3) is 0.182. The molecular formula is C22H19O7P. The molecule has 0 aliphatic rings. The van der Waals surface area contributed by atoms with Gasteiger partial charge in [0.2, 0.25) is 0 Å². The van der Waals surface area contributed by atoms with Crippen LogP contribution in [-0.4, -0.2) is 24.8 Å². The van der Waals surface area contributed by atoms with E-state index in [1.165, 1.54) is 0 Å². The first-order valence-corrected chi connectivity index (χ1v) is 10.5. The third-order valence-electron chi connectivity index (χ3n) is 4.57. The van der Waals surface area contributed by atoms with Crippen LogP contribution in [0.25, 0.3) is 21.9 Å². The maximum Gasteiger partial charge on any atom is 0.320 e. The first-order chi connectivity index (χ1) is 14.4. The minimum atomic E-state index is -3.00. The van der Waals surface area contributed by atoms with Crippen molar-refractivity contribution in [2.24, 2.45) is 0 Å². The van der Waals surface area contributed by atoms with Crippen LogP contribution < -0.4 is 0 Å². The van der Waals surface area contributed by atoms with Crippen LogP contribution in [0.5, 0.6) is 0 Å². The molecule has 0 unspecified atom stereocenters. The second-order valence-electron chi connectivity index (χ2n) is 6.89. The molecule has 0 N–H and O–H groups in total. The third kappa shape index (κ3) is 4.44. The van der Waals surface area contributed by atoms with Gasteiger partial charge in [0.25, 0.3) is 0 Å². The highest BCUT2D eigenvalue weighted by Gasteiger charge is 2.14. The minimum absolute atomic E-state index is 0.343. The van der Waals surface area contributed by atoms with E-state index >= 15 is 0 Å². The lowest BCUT2D eigenvalue weighted by molar-refractivity contribution is 0.0877. The Hall–Kier alpha value is -2.99. The van der Waals surface area contributed by atoms with Gasteiger partial charge in [0.05, 0.1) is 0 Å². The Bertz CT molecular complexity index is 1180. The van der Waals surface area contributed by atoms with E-state index in [1.807, 2.05) is 26.0 Å². The van der Waals surface area contributed by atoms with Crippen LogP contribution in [0, 0.1) is 13.8 Å². The van der Waals surface area contributed by atoms with Crippen LogP contribution in [0.15, 0.2) is 57.4 Å². The number of fused-ring (bicyclic) bond motifs is 2. The summed E-state index contributed by atoms with van der Waals surface area (Å²) >= 11 is 0. The summed E-state index contributed by atoms with van der Waals surface area (Å²) in [6, 6.07) is 13.7. The molecule has 30 heavy (non-hydrogen) atoms. The van der Waals surface area contributed by atoms with Crippen LogP contribution in [0.1, 0.15) is 32.2 Å². The molecule has 0 saturated carbocycles. The molecule has 0 radical (unpaired) electrons. The largest absolute Gasteiger partial charge is 0.461 e. The number of benzene rings is 2. The van der Waals surface area contributed by atoms with Gasteiger partial charge in [-0.1, -0.05) is 0 Å². The third-order valence-corrected chi connectivity index (χ3v) is 5.33. The Kier molecular flexibility index (Phi) is 5.68. The Morgan fingerprint density at radius 3 is 1.63 bits per heavy atom. The van der Waals surface area contributed by atoms with Crippen molar-refractivity contribution in [1.29, 1.82) is 0 Å². The highest BCUT2D eigenvalue weighted by molar-refractivity contribution is 7.33. The van der Waals surface area contributed by atoms with E-state index in [-0.39, 0.29) is 11.6 Å². The highest BCUT2D eigenvalue weighted by atomic mass is 31.1. The molecule has 0 saturated heterocycles. The van der Waals surface area contributed by atoms with Gasteiger partial charge in [0.15, 0.2) is 11.6 Å². The van der Waals surface area contributed by atoms with Gasteiger partial charge < -0.3 is 17.9 Å². The highest BCUT2D eigenvalue weighted by Crippen LogP contribution is 2.26. The molecule has 0 spiro atoms. The quantitative estimate of drug-likeness (QED) is 0.279. The lowest BCUT2D eigenvalue weighted by Crippen LogP contribution is -2.09. The number of Topliss-reactive ketones (excluding diaryl/α,β-unsaturated/α-hetero) is 2. The number of aryl methyl sites for hydroxylation is 2. The topological polar surface area (TPSA) is 96.0 Å². The molecule has 4 rings (SSSR count). The molecule has 2 aromatic carbocycles. The van der Waals surface area contributed by atoms with Crippen LogP contribution >= 0.6 is 8.25 Å². The van der Waals surface area contributed by atoms with E-state index in [9.17, 15) is 14.2 Å². The maximum atomic E-state index is 12.3. The molecule has 4 aromatic rings. The number of rotatable bonds is 8. The van der Waals surface area contributed by atoms with Crippen molar-refractivity contribution in [2.45, 2.75) is 13.8 Å². The molecule has 2 aromatic heterocycles.